The van der Waals surface area contributed by atoms with Crippen LogP contribution in [-0.4, -0.2) is 21.6 Å². The van der Waals surface area contributed by atoms with Crippen molar-refractivity contribution in [3.8, 4) is 0 Å². The fraction of sp³-hybridized carbons (Fsp3) is 0.474. The lowest BCUT2D eigenvalue weighted by Crippen LogP contribution is -2.56. The third kappa shape index (κ3) is 2.51. The van der Waals surface area contributed by atoms with Crippen molar-refractivity contribution < 1.29 is 9.90 Å². The van der Waals surface area contributed by atoms with Crippen molar-refractivity contribution in [1.82, 2.24) is 10.3 Å². The molecule has 0 spiro atoms. The Bertz CT molecular complexity index is 731. The van der Waals surface area contributed by atoms with E-state index < -0.39 is 11.4 Å². The lowest BCUT2D eigenvalue weighted by atomic mass is 9.57. The van der Waals surface area contributed by atoms with E-state index in [1.54, 1.807) is 0 Å². The summed E-state index contributed by atoms with van der Waals surface area (Å²) in [4.78, 5) is 15.7. The highest BCUT2D eigenvalue weighted by Crippen LogP contribution is 2.52. The Hall–Kier alpha value is -1.94. The van der Waals surface area contributed by atoms with E-state index in [1.165, 1.54) is 16.3 Å². The van der Waals surface area contributed by atoms with Crippen LogP contribution >= 0.6 is 0 Å². The molecule has 3 aliphatic carbocycles. The second kappa shape index (κ2) is 5.31. The van der Waals surface area contributed by atoms with E-state index in [0.29, 0.717) is 0 Å². The minimum absolute atomic E-state index is 0.140. The lowest BCUT2D eigenvalue weighted by molar-refractivity contribution is -0.156. The van der Waals surface area contributed by atoms with E-state index in [-0.39, 0.29) is 5.54 Å². The number of aliphatic carboxylic acids is 1. The van der Waals surface area contributed by atoms with Gasteiger partial charge in [-0.3, -0.25) is 9.78 Å². The molecule has 120 valence electrons. The smallest absolute Gasteiger partial charge is 0.309 e. The number of hydrogen-bond donors (Lipinski definition) is 2. The van der Waals surface area contributed by atoms with Gasteiger partial charge in [-0.2, -0.15) is 0 Å². The van der Waals surface area contributed by atoms with Crippen molar-refractivity contribution in [2.24, 2.45) is 5.41 Å². The number of carboxylic acid groups (broad SMARTS) is 1. The fourth-order valence-electron chi connectivity index (χ4n) is 4.31. The summed E-state index contributed by atoms with van der Waals surface area (Å²) in [6.07, 6.45) is 9.11. The Labute approximate surface area is 135 Å². The summed E-state index contributed by atoms with van der Waals surface area (Å²) in [5.41, 5.74) is 0.972. The molecule has 3 aliphatic rings. The van der Waals surface area contributed by atoms with Gasteiger partial charge in [-0.25, -0.2) is 0 Å². The number of nitrogens with zero attached hydrogens (tertiary/aromatic N) is 1. The molecule has 4 nitrogen and oxygen atoms in total. The monoisotopic (exact) mass is 310 g/mol. The maximum atomic E-state index is 11.5. The molecule has 0 radical (unpaired) electrons. The molecule has 4 heteroatoms. The van der Waals surface area contributed by atoms with Gasteiger partial charge in [-0.1, -0.05) is 12.1 Å². The topological polar surface area (TPSA) is 62.2 Å². The molecule has 0 amide bonds. The number of nitrogens with one attached hydrogen (secondary N) is 1. The Morgan fingerprint density at radius 1 is 1.09 bits per heavy atom. The molecule has 23 heavy (non-hydrogen) atoms. The fourth-order valence-corrected chi connectivity index (χ4v) is 4.31. The van der Waals surface area contributed by atoms with Gasteiger partial charge in [0.15, 0.2) is 0 Å². The van der Waals surface area contributed by atoms with Crippen LogP contribution in [0.3, 0.4) is 0 Å². The van der Waals surface area contributed by atoms with Gasteiger partial charge < -0.3 is 10.4 Å². The van der Waals surface area contributed by atoms with Crippen LogP contribution in [0.25, 0.3) is 10.8 Å². The lowest BCUT2D eigenvalue weighted by Gasteiger charge is -2.51. The molecule has 1 aromatic heterocycles. The zero-order valence-corrected chi connectivity index (χ0v) is 13.2. The van der Waals surface area contributed by atoms with Crippen molar-refractivity contribution in [2.45, 2.75) is 50.6 Å². The Morgan fingerprint density at radius 3 is 2.52 bits per heavy atom. The molecular weight excluding hydrogens is 288 g/mol. The molecule has 0 saturated heterocycles. The van der Waals surface area contributed by atoms with Crippen LogP contribution < -0.4 is 5.32 Å². The largest absolute Gasteiger partial charge is 0.481 e. The Balaban J connectivity index is 1.46. The first kappa shape index (κ1) is 14.6. The highest BCUT2D eigenvalue weighted by molar-refractivity contribution is 5.82. The highest BCUT2D eigenvalue weighted by Gasteiger charge is 2.52. The zero-order chi connectivity index (χ0) is 15.9. The predicted molar refractivity (Wildman–Crippen MR) is 89.1 cm³/mol. The molecule has 2 bridgehead atoms. The van der Waals surface area contributed by atoms with Gasteiger partial charge in [0, 0.05) is 29.9 Å². The summed E-state index contributed by atoms with van der Waals surface area (Å²) in [7, 11) is 0. The Kier molecular flexibility index (Phi) is 3.38. The first-order valence-corrected chi connectivity index (χ1v) is 8.42. The maximum Gasteiger partial charge on any atom is 0.309 e. The van der Waals surface area contributed by atoms with Crippen LogP contribution in [0, 0.1) is 5.41 Å². The number of rotatable bonds is 4. The van der Waals surface area contributed by atoms with Gasteiger partial charge >= 0.3 is 5.97 Å². The molecule has 0 unspecified atom stereocenters. The van der Waals surface area contributed by atoms with E-state index in [2.05, 4.69) is 28.5 Å². The van der Waals surface area contributed by atoms with Crippen molar-refractivity contribution >= 4 is 16.7 Å². The van der Waals surface area contributed by atoms with Crippen molar-refractivity contribution in [3.05, 3.63) is 42.2 Å². The number of aromatic nitrogens is 1. The average Bonchev–Trinajstić information content (AvgIpc) is 2.61. The highest BCUT2D eigenvalue weighted by atomic mass is 16.4. The molecule has 5 rings (SSSR count). The third-order valence-electron chi connectivity index (χ3n) is 6.07. The molecule has 0 aliphatic heterocycles. The van der Waals surface area contributed by atoms with Crippen LogP contribution in [0.15, 0.2) is 36.7 Å². The Morgan fingerprint density at radius 2 is 1.83 bits per heavy atom. The summed E-state index contributed by atoms with van der Waals surface area (Å²) in [6.45, 7) is 0.838. The minimum atomic E-state index is -0.590. The molecule has 3 saturated carbocycles. The van der Waals surface area contributed by atoms with Crippen LogP contribution in [0.4, 0.5) is 0 Å². The number of benzene rings is 1. The zero-order valence-electron chi connectivity index (χ0n) is 13.2. The van der Waals surface area contributed by atoms with Crippen molar-refractivity contribution in [3.63, 3.8) is 0 Å². The predicted octanol–water partition coefficient (Wildman–Crippen LogP) is 3.50. The molecule has 2 aromatic rings. The van der Waals surface area contributed by atoms with Gasteiger partial charge in [0.05, 0.1) is 5.41 Å². The average molecular weight is 310 g/mol. The summed E-state index contributed by atoms with van der Waals surface area (Å²) in [6, 6.07) is 8.53. The standard InChI is InChI=1S/C19H22N2O2/c22-17(23)18-4-7-19(8-5-18,9-6-18)21-12-14-1-2-15-3-10-20-13-16(15)11-14/h1-3,10-11,13,21H,4-9,12H2,(H,22,23). The molecular formula is C19H22N2O2. The van der Waals surface area contributed by atoms with Gasteiger partial charge in [0.2, 0.25) is 0 Å². The van der Waals surface area contributed by atoms with E-state index >= 15 is 0 Å². The third-order valence-corrected chi connectivity index (χ3v) is 6.07. The number of carbonyl (C=O) groups is 1. The first-order valence-electron chi connectivity index (χ1n) is 8.42. The van der Waals surface area contributed by atoms with Gasteiger partial charge in [0.1, 0.15) is 0 Å². The normalized spacial score (nSPS) is 29.7. The number of carboxylic acids is 1. The second-order valence-corrected chi connectivity index (χ2v) is 7.28. The van der Waals surface area contributed by atoms with Crippen LogP contribution in [-0.2, 0) is 11.3 Å². The summed E-state index contributed by atoms with van der Waals surface area (Å²) in [5, 5.41) is 15.6. The van der Waals surface area contributed by atoms with Gasteiger partial charge in [0.25, 0.3) is 0 Å². The summed E-state index contributed by atoms with van der Waals surface area (Å²) in [5.74, 6) is -0.590. The van der Waals surface area contributed by atoms with E-state index in [1.807, 2.05) is 18.5 Å². The first-order chi connectivity index (χ1) is 11.1. The minimum Gasteiger partial charge on any atom is -0.481 e. The number of hydrogen-bond acceptors (Lipinski definition) is 3. The van der Waals surface area contributed by atoms with Crippen LogP contribution in [0.1, 0.15) is 44.1 Å². The van der Waals surface area contributed by atoms with Gasteiger partial charge in [-0.05, 0) is 61.6 Å². The van der Waals surface area contributed by atoms with E-state index in [4.69, 9.17) is 0 Å². The van der Waals surface area contributed by atoms with Crippen LogP contribution in [0.5, 0.6) is 0 Å². The number of fused-ring (bicyclic) bond motifs is 4. The van der Waals surface area contributed by atoms with Crippen molar-refractivity contribution in [2.75, 3.05) is 0 Å². The molecule has 3 fully saturated rings. The van der Waals surface area contributed by atoms with E-state index in [0.717, 1.165) is 45.1 Å². The summed E-state index contributed by atoms with van der Waals surface area (Å²) >= 11 is 0. The van der Waals surface area contributed by atoms with Crippen molar-refractivity contribution in [1.29, 1.82) is 0 Å². The SMILES string of the molecule is O=C(O)C12CCC(NCc3ccc4ccncc4c3)(CC1)CC2. The molecule has 1 aromatic carbocycles. The summed E-state index contributed by atoms with van der Waals surface area (Å²) < 4.78 is 0. The van der Waals surface area contributed by atoms with E-state index in [9.17, 15) is 9.90 Å². The molecule has 1 heterocycles. The van der Waals surface area contributed by atoms with Gasteiger partial charge in [-0.15, -0.1) is 0 Å². The number of pyridine rings is 1. The molecule has 0 atom stereocenters. The second-order valence-electron chi connectivity index (χ2n) is 7.28. The maximum absolute atomic E-state index is 11.5. The van der Waals surface area contributed by atoms with Crippen LogP contribution in [0.2, 0.25) is 0 Å². The molecule has 2 N–H and O–H groups in total. The quantitative estimate of drug-likeness (QED) is 0.907.